The molecule has 10 nitrogen and oxygen atoms in total. The van der Waals surface area contributed by atoms with Gasteiger partial charge >= 0.3 is 0 Å². The number of non-ortho nitro benzene ring substituents is 1. The number of carbonyl (C=O) groups is 1. The standard InChI is InChI=1S/C23H18N4O6S/c1-34(32,33)19-10-2-15(3-11-19)4-13-22(28)24-17-7-5-16(6-8-17)23-25-20-12-9-18(27(30)31)14-21(20)26(23)29/h2-14,29H,1H3,(H,24,28)/b13-4+. The number of hydrogen-bond acceptors (Lipinski definition) is 7. The number of anilines is 1. The van der Waals surface area contributed by atoms with Gasteiger partial charge in [-0.1, -0.05) is 12.1 Å². The second-order valence-electron chi connectivity index (χ2n) is 7.42. The topological polar surface area (TPSA) is 144 Å². The van der Waals surface area contributed by atoms with E-state index < -0.39 is 14.8 Å². The first-order valence-electron chi connectivity index (χ1n) is 9.87. The summed E-state index contributed by atoms with van der Waals surface area (Å²) in [7, 11) is -3.28. The Morgan fingerprint density at radius 1 is 1.09 bits per heavy atom. The number of imidazole rings is 1. The van der Waals surface area contributed by atoms with E-state index in [2.05, 4.69) is 10.3 Å². The molecular weight excluding hydrogens is 460 g/mol. The number of carbonyl (C=O) groups excluding carboxylic acids is 1. The molecule has 0 aliphatic rings. The second-order valence-corrected chi connectivity index (χ2v) is 9.43. The maximum absolute atomic E-state index is 12.2. The summed E-state index contributed by atoms with van der Waals surface area (Å²) in [6.07, 6.45) is 4.01. The Balaban J connectivity index is 1.46. The first-order valence-corrected chi connectivity index (χ1v) is 11.8. The van der Waals surface area contributed by atoms with E-state index in [0.717, 1.165) is 11.0 Å². The van der Waals surface area contributed by atoms with Crippen molar-refractivity contribution in [3.8, 4) is 11.4 Å². The van der Waals surface area contributed by atoms with Gasteiger partial charge in [-0.25, -0.2) is 13.4 Å². The smallest absolute Gasteiger partial charge is 0.271 e. The third-order valence-corrected chi connectivity index (χ3v) is 6.10. The van der Waals surface area contributed by atoms with Gasteiger partial charge in [0.1, 0.15) is 5.52 Å². The molecule has 0 saturated carbocycles. The van der Waals surface area contributed by atoms with Crippen molar-refractivity contribution in [3.63, 3.8) is 0 Å². The summed E-state index contributed by atoms with van der Waals surface area (Å²) in [6.45, 7) is 0. The Labute approximate surface area is 193 Å². The SMILES string of the molecule is CS(=O)(=O)c1ccc(/C=C/C(=O)Nc2ccc(-c3nc4ccc([N+](=O)[O-])cc4n3O)cc2)cc1. The molecule has 2 N–H and O–H groups in total. The molecule has 0 radical (unpaired) electrons. The highest BCUT2D eigenvalue weighted by Gasteiger charge is 2.16. The number of nitrogens with zero attached hydrogens (tertiary/aromatic N) is 3. The minimum atomic E-state index is -3.28. The third-order valence-electron chi connectivity index (χ3n) is 4.97. The van der Waals surface area contributed by atoms with Gasteiger partial charge in [0.2, 0.25) is 5.91 Å². The second kappa shape index (κ2) is 8.79. The highest BCUT2D eigenvalue weighted by atomic mass is 32.2. The molecule has 34 heavy (non-hydrogen) atoms. The van der Waals surface area contributed by atoms with E-state index in [0.29, 0.717) is 22.3 Å². The van der Waals surface area contributed by atoms with E-state index >= 15 is 0 Å². The molecule has 0 atom stereocenters. The van der Waals surface area contributed by atoms with Crippen molar-refractivity contribution in [2.45, 2.75) is 4.90 Å². The Hall–Kier alpha value is -4.51. The molecular formula is C23H18N4O6S. The van der Waals surface area contributed by atoms with Gasteiger partial charge in [0.05, 0.1) is 15.3 Å². The molecule has 0 bridgehead atoms. The lowest BCUT2D eigenvalue weighted by Gasteiger charge is -2.05. The average molecular weight is 478 g/mol. The lowest BCUT2D eigenvalue weighted by molar-refractivity contribution is -0.384. The van der Waals surface area contributed by atoms with Gasteiger partial charge in [-0.05, 0) is 54.1 Å². The predicted octanol–water partition coefficient (Wildman–Crippen LogP) is 3.90. The molecule has 0 aliphatic carbocycles. The lowest BCUT2D eigenvalue weighted by Crippen LogP contribution is -2.07. The highest BCUT2D eigenvalue weighted by molar-refractivity contribution is 7.90. The largest absolute Gasteiger partial charge is 0.426 e. The Kier molecular flexibility index (Phi) is 5.86. The average Bonchev–Trinajstić information content (AvgIpc) is 3.13. The molecule has 172 valence electrons. The van der Waals surface area contributed by atoms with Gasteiger partial charge in [-0.3, -0.25) is 14.9 Å². The van der Waals surface area contributed by atoms with E-state index in [1.165, 1.54) is 36.4 Å². The van der Waals surface area contributed by atoms with Gasteiger partial charge in [0.15, 0.2) is 15.7 Å². The normalized spacial score (nSPS) is 11.7. The number of fused-ring (bicyclic) bond motifs is 1. The zero-order chi connectivity index (χ0) is 24.5. The number of nitro groups is 1. The number of nitrogens with one attached hydrogen (secondary N) is 1. The van der Waals surface area contributed by atoms with Crippen LogP contribution in [0.4, 0.5) is 11.4 Å². The van der Waals surface area contributed by atoms with Crippen molar-refractivity contribution in [2.24, 2.45) is 0 Å². The first-order chi connectivity index (χ1) is 16.1. The van der Waals surface area contributed by atoms with Gasteiger partial charge in [0, 0.05) is 35.7 Å². The Morgan fingerprint density at radius 2 is 1.76 bits per heavy atom. The number of aromatic nitrogens is 2. The number of amides is 1. The van der Waals surface area contributed by atoms with E-state index in [-0.39, 0.29) is 27.8 Å². The zero-order valence-corrected chi connectivity index (χ0v) is 18.6. The molecule has 1 aromatic heterocycles. The van der Waals surface area contributed by atoms with Crippen LogP contribution in [0.15, 0.2) is 77.7 Å². The number of rotatable bonds is 6. The molecule has 0 saturated heterocycles. The fourth-order valence-corrected chi connectivity index (χ4v) is 3.87. The summed E-state index contributed by atoms with van der Waals surface area (Å²) in [4.78, 5) is 27.1. The van der Waals surface area contributed by atoms with Crippen molar-refractivity contribution < 1.29 is 23.3 Å². The first kappa shape index (κ1) is 22.7. The molecule has 1 heterocycles. The van der Waals surface area contributed by atoms with Crippen LogP contribution < -0.4 is 5.32 Å². The summed E-state index contributed by atoms with van der Waals surface area (Å²) < 4.78 is 23.8. The van der Waals surface area contributed by atoms with Gasteiger partial charge in [0.25, 0.3) is 5.69 Å². The molecule has 0 spiro atoms. The van der Waals surface area contributed by atoms with Crippen LogP contribution in [0.1, 0.15) is 5.56 Å². The van der Waals surface area contributed by atoms with Crippen LogP contribution in [0.3, 0.4) is 0 Å². The molecule has 0 fully saturated rings. The minimum Gasteiger partial charge on any atom is -0.426 e. The van der Waals surface area contributed by atoms with Crippen molar-refractivity contribution in [2.75, 3.05) is 11.6 Å². The van der Waals surface area contributed by atoms with Crippen LogP contribution in [0.2, 0.25) is 0 Å². The molecule has 0 unspecified atom stereocenters. The van der Waals surface area contributed by atoms with Crippen molar-refractivity contribution in [1.82, 2.24) is 9.71 Å². The van der Waals surface area contributed by atoms with Gasteiger partial charge in [-0.2, -0.15) is 4.73 Å². The molecule has 11 heteroatoms. The summed E-state index contributed by atoms with van der Waals surface area (Å²) in [5.41, 5.74) is 2.15. The molecule has 4 rings (SSSR count). The number of hydrogen-bond donors (Lipinski definition) is 2. The van der Waals surface area contributed by atoms with Crippen LogP contribution in [-0.4, -0.2) is 40.4 Å². The zero-order valence-electron chi connectivity index (χ0n) is 17.7. The van der Waals surface area contributed by atoms with Crippen molar-refractivity contribution >= 4 is 44.2 Å². The quantitative estimate of drug-likeness (QED) is 0.185. The summed E-state index contributed by atoms with van der Waals surface area (Å²) in [6, 6.07) is 16.7. The van der Waals surface area contributed by atoms with Gasteiger partial charge in [-0.15, -0.1) is 0 Å². The van der Waals surface area contributed by atoms with Crippen LogP contribution >= 0.6 is 0 Å². The van der Waals surface area contributed by atoms with Crippen molar-refractivity contribution in [1.29, 1.82) is 0 Å². The third kappa shape index (κ3) is 4.79. The molecule has 1 amide bonds. The molecule has 0 aliphatic heterocycles. The van der Waals surface area contributed by atoms with E-state index in [1.54, 1.807) is 42.5 Å². The maximum atomic E-state index is 12.2. The van der Waals surface area contributed by atoms with Crippen LogP contribution in [-0.2, 0) is 14.6 Å². The monoisotopic (exact) mass is 478 g/mol. The van der Waals surface area contributed by atoms with Crippen LogP contribution in [0.25, 0.3) is 28.5 Å². The highest BCUT2D eigenvalue weighted by Crippen LogP contribution is 2.27. The Bertz CT molecular complexity index is 1540. The summed E-state index contributed by atoms with van der Waals surface area (Å²) in [5.74, 6) is -0.188. The summed E-state index contributed by atoms with van der Waals surface area (Å²) >= 11 is 0. The molecule has 3 aromatic carbocycles. The maximum Gasteiger partial charge on any atom is 0.271 e. The summed E-state index contributed by atoms with van der Waals surface area (Å²) in [5, 5.41) is 24.1. The fourth-order valence-electron chi connectivity index (χ4n) is 3.24. The van der Waals surface area contributed by atoms with Gasteiger partial charge < -0.3 is 10.5 Å². The number of nitro benzene ring substituents is 1. The van der Waals surface area contributed by atoms with E-state index in [9.17, 15) is 28.5 Å². The number of benzene rings is 3. The van der Waals surface area contributed by atoms with Crippen LogP contribution in [0, 0.1) is 10.1 Å². The molecule has 4 aromatic rings. The van der Waals surface area contributed by atoms with E-state index in [4.69, 9.17) is 0 Å². The van der Waals surface area contributed by atoms with Crippen LogP contribution in [0.5, 0.6) is 0 Å². The lowest BCUT2D eigenvalue weighted by atomic mass is 10.2. The van der Waals surface area contributed by atoms with E-state index in [1.807, 2.05) is 0 Å². The minimum absolute atomic E-state index is 0.160. The fraction of sp³-hybridized carbons (Fsp3) is 0.0435. The Morgan fingerprint density at radius 3 is 2.38 bits per heavy atom. The number of sulfone groups is 1. The van der Waals surface area contributed by atoms with Crippen molar-refractivity contribution in [3.05, 3.63) is 88.5 Å². The predicted molar refractivity (Wildman–Crippen MR) is 126 cm³/mol.